The van der Waals surface area contributed by atoms with Crippen LogP contribution in [0.3, 0.4) is 0 Å². The molecule has 0 spiro atoms. The van der Waals surface area contributed by atoms with E-state index in [1.165, 1.54) is 0 Å². The number of carbonyl (C=O) groups is 1. The number of benzene rings is 2. The lowest BCUT2D eigenvalue weighted by atomic mass is 9.93. The van der Waals surface area contributed by atoms with Crippen molar-refractivity contribution in [3.05, 3.63) is 58.4 Å². The molecule has 0 radical (unpaired) electrons. The van der Waals surface area contributed by atoms with Crippen molar-refractivity contribution in [1.29, 1.82) is 0 Å². The smallest absolute Gasteiger partial charge is 0.309 e. The highest BCUT2D eigenvalue weighted by Gasteiger charge is 2.49. The summed E-state index contributed by atoms with van der Waals surface area (Å²) in [6.45, 7) is 6.29. The van der Waals surface area contributed by atoms with Crippen LogP contribution in [0.15, 0.2) is 47.3 Å². The minimum absolute atomic E-state index is 0.0367. The van der Waals surface area contributed by atoms with Crippen LogP contribution in [-0.4, -0.2) is 27.7 Å². The summed E-state index contributed by atoms with van der Waals surface area (Å²) in [5.41, 5.74) is 13.5. The van der Waals surface area contributed by atoms with Crippen LogP contribution >= 0.6 is 0 Å². The second-order valence-electron chi connectivity index (χ2n) is 7.82. The van der Waals surface area contributed by atoms with E-state index in [0.29, 0.717) is 37.2 Å². The molecule has 0 amide bonds. The number of aromatic nitrogens is 2. The Morgan fingerprint density at radius 3 is 2.45 bits per heavy atom. The molecule has 2 aromatic carbocycles. The van der Waals surface area contributed by atoms with Gasteiger partial charge in [0.05, 0.1) is 17.6 Å². The number of anilines is 2. The van der Waals surface area contributed by atoms with Gasteiger partial charge in [-0.05, 0) is 55.0 Å². The Hall–Kier alpha value is -3.81. The van der Waals surface area contributed by atoms with Crippen molar-refractivity contribution in [2.45, 2.75) is 40.0 Å². The predicted molar refractivity (Wildman–Crippen MR) is 130 cm³/mol. The van der Waals surface area contributed by atoms with Crippen molar-refractivity contribution >= 4 is 17.5 Å². The first-order valence-electron chi connectivity index (χ1n) is 11.1. The molecule has 3 aromatic rings. The second-order valence-corrected chi connectivity index (χ2v) is 7.82. The number of H-pyrrole nitrogens is 1. The lowest BCUT2D eigenvalue weighted by Gasteiger charge is -2.14. The van der Waals surface area contributed by atoms with Crippen LogP contribution < -0.4 is 21.8 Å². The van der Waals surface area contributed by atoms with Crippen LogP contribution in [0.4, 0.5) is 11.5 Å². The lowest BCUT2D eigenvalue weighted by Crippen LogP contribution is -2.17. The molecule has 1 aliphatic rings. The minimum atomic E-state index is -0.731. The van der Waals surface area contributed by atoms with Gasteiger partial charge < -0.3 is 26.3 Å². The van der Waals surface area contributed by atoms with Gasteiger partial charge in [-0.3, -0.25) is 9.59 Å². The van der Waals surface area contributed by atoms with Crippen LogP contribution in [0.1, 0.15) is 39.2 Å². The van der Waals surface area contributed by atoms with Gasteiger partial charge >= 0.3 is 5.97 Å². The monoisotopic (exact) mass is 450 g/mol. The number of aromatic amines is 1. The SMILES string of the molecule is CC.CCOc1cc(-c2cccc(CC3(C(=O)O)CC3)c2)ccc1-c1nc(N)c(N)c(=O)[nH]1. The molecule has 1 saturated carbocycles. The normalized spacial score (nSPS) is 13.5. The fourth-order valence-electron chi connectivity index (χ4n) is 3.67. The minimum Gasteiger partial charge on any atom is -0.493 e. The van der Waals surface area contributed by atoms with E-state index in [1.807, 2.05) is 57.2 Å². The van der Waals surface area contributed by atoms with Gasteiger partial charge in [0.1, 0.15) is 17.3 Å². The Morgan fingerprint density at radius 2 is 1.85 bits per heavy atom. The predicted octanol–water partition coefficient (Wildman–Crippen LogP) is 4.10. The molecular weight excluding hydrogens is 420 g/mol. The van der Waals surface area contributed by atoms with Crippen molar-refractivity contribution in [3.8, 4) is 28.3 Å². The van der Waals surface area contributed by atoms with Crippen molar-refractivity contribution in [1.82, 2.24) is 9.97 Å². The number of carboxylic acid groups (broad SMARTS) is 1. The highest BCUT2D eigenvalue weighted by Crippen LogP contribution is 2.48. The molecule has 0 unspecified atom stereocenters. The number of aliphatic carboxylic acids is 1. The van der Waals surface area contributed by atoms with Crippen molar-refractivity contribution < 1.29 is 14.6 Å². The topological polar surface area (TPSA) is 144 Å². The van der Waals surface area contributed by atoms with Gasteiger partial charge in [-0.15, -0.1) is 0 Å². The van der Waals surface area contributed by atoms with E-state index in [4.69, 9.17) is 16.2 Å². The van der Waals surface area contributed by atoms with E-state index in [0.717, 1.165) is 16.7 Å². The first-order chi connectivity index (χ1) is 15.8. The van der Waals surface area contributed by atoms with Crippen LogP contribution in [-0.2, 0) is 11.2 Å². The van der Waals surface area contributed by atoms with Gasteiger partial charge in [-0.1, -0.05) is 44.2 Å². The van der Waals surface area contributed by atoms with Gasteiger partial charge in [-0.2, -0.15) is 0 Å². The second kappa shape index (κ2) is 9.77. The number of hydrogen-bond donors (Lipinski definition) is 4. The number of carboxylic acids is 1. The fraction of sp³-hybridized carbons (Fsp3) is 0.320. The Labute approximate surface area is 192 Å². The van der Waals surface area contributed by atoms with E-state index in [-0.39, 0.29) is 17.3 Å². The van der Waals surface area contributed by atoms with Gasteiger partial charge in [0, 0.05) is 0 Å². The number of nitrogens with two attached hydrogens (primary N) is 2. The Morgan fingerprint density at radius 1 is 1.15 bits per heavy atom. The van der Waals surface area contributed by atoms with E-state index in [9.17, 15) is 14.7 Å². The molecule has 8 heteroatoms. The van der Waals surface area contributed by atoms with Crippen LogP contribution in [0.2, 0.25) is 0 Å². The first-order valence-corrected chi connectivity index (χ1v) is 11.1. The van der Waals surface area contributed by atoms with Crippen LogP contribution in [0, 0.1) is 5.41 Å². The molecule has 0 aliphatic heterocycles. The standard InChI is InChI=1S/C23H24N4O4.C2H6/c1-2-31-17-11-15(6-7-16(17)20-26-19(25)18(24)21(28)27-20)14-5-3-4-13(10-14)12-23(8-9-23)22(29)30;1-2/h3-7,10-11H,2,8-9,12,24H2,1H3,(H,29,30)(H3,25,26,27,28);1-2H3. The third kappa shape index (κ3) is 5.00. The molecule has 0 atom stereocenters. The summed E-state index contributed by atoms with van der Waals surface area (Å²) >= 11 is 0. The maximum atomic E-state index is 12.0. The van der Waals surface area contributed by atoms with Crippen molar-refractivity contribution in [3.63, 3.8) is 0 Å². The molecule has 33 heavy (non-hydrogen) atoms. The summed E-state index contributed by atoms with van der Waals surface area (Å²) < 4.78 is 5.80. The van der Waals surface area contributed by atoms with E-state index in [2.05, 4.69) is 9.97 Å². The van der Waals surface area contributed by atoms with Gasteiger partial charge in [0.15, 0.2) is 5.82 Å². The average molecular weight is 451 g/mol. The zero-order chi connectivity index (χ0) is 24.2. The van der Waals surface area contributed by atoms with Crippen molar-refractivity contribution in [2.75, 3.05) is 18.1 Å². The number of nitrogen functional groups attached to an aromatic ring is 2. The van der Waals surface area contributed by atoms with Gasteiger partial charge in [0.25, 0.3) is 5.56 Å². The molecule has 0 saturated heterocycles. The number of hydrogen-bond acceptors (Lipinski definition) is 6. The number of ether oxygens (including phenoxy) is 1. The molecule has 8 nitrogen and oxygen atoms in total. The van der Waals surface area contributed by atoms with E-state index in [1.54, 1.807) is 6.07 Å². The molecule has 0 bridgehead atoms. The van der Waals surface area contributed by atoms with Gasteiger partial charge in [0.2, 0.25) is 0 Å². The van der Waals surface area contributed by atoms with Crippen LogP contribution in [0.5, 0.6) is 5.75 Å². The summed E-state index contributed by atoms with van der Waals surface area (Å²) in [6, 6.07) is 13.4. The summed E-state index contributed by atoms with van der Waals surface area (Å²) in [5.74, 6) is 0.0510. The number of nitrogens with one attached hydrogen (secondary N) is 1. The molecule has 6 N–H and O–H groups in total. The summed E-state index contributed by atoms with van der Waals surface area (Å²) in [5, 5.41) is 9.48. The largest absolute Gasteiger partial charge is 0.493 e. The maximum Gasteiger partial charge on any atom is 0.309 e. The third-order valence-corrected chi connectivity index (χ3v) is 5.63. The van der Waals surface area contributed by atoms with E-state index >= 15 is 0 Å². The highest BCUT2D eigenvalue weighted by atomic mass is 16.5. The molecule has 1 fully saturated rings. The number of rotatable bonds is 7. The molecule has 1 aromatic heterocycles. The molecule has 1 aliphatic carbocycles. The maximum absolute atomic E-state index is 12.0. The quantitative estimate of drug-likeness (QED) is 0.424. The zero-order valence-corrected chi connectivity index (χ0v) is 19.1. The Bertz CT molecular complexity index is 1220. The van der Waals surface area contributed by atoms with E-state index < -0.39 is 16.9 Å². The summed E-state index contributed by atoms with van der Waals surface area (Å²) in [6.07, 6.45) is 1.94. The van der Waals surface area contributed by atoms with Crippen molar-refractivity contribution in [2.24, 2.45) is 5.41 Å². The molecule has 174 valence electrons. The first kappa shape index (κ1) is 23.8. The highest BCUT2D eigenvalue weighted by molar-refractivity contribution is 5.79. The van der Waals surface area contributed by atoms with Crippen LogP contribution in [0.25, 0.3) is 22.5 Å². The fourth-order valence-corrected chi connectivity index (χ4v) is 3.67. The molecular formula is C25H30N4O4. The summed E-state index contributed by atoms with van der Waals surface area (Å²) in [7, 11) is 0. The lowest BCUT2D eigenvalue weighted by molar-refractivity contribution is -0.143. The Balaban J connectivity index is 0.00000149. The third-order valence-electron chi connectivity index (χ3n) is 5.63. The summed E-state index contributed by atoms with van der Waals surface area (Å²) in [4.78, 5) is 30.4. The number of nitrogens with zero attached hydrogens (tertiary/aromatic N) is 1. The molecule has 1 heterocycles. The Kier molecular flexibility index (Phi) is 7.06. The molecule has 4 rings (SSSR count). The van der Waals surface area contributed by atoms with Gasteiger partial charge in [-0.25, -0.2) is 4.98 Å². The average Bonchev–Trinajstić information content (AvgIpc) is 3.60. The zero-order valence-electron chi connectivity index (χ0n) is 19.1.